The maximum absolute atomic E-state index is 12.7. The molecule has 0 fully saturated rings. The zero-order valence-corrected chi connectivity index (χ0v) is 10.8. The fourth-order valence-electron chi connectivity index (χ4n) is 1.36. The highest BCUT2D eigenvalue weighted by molar-refractivity contribution is 5.49. The van der Waals surface area contributed by atoms with Gasteiger partial charge in [0, 0.05) is 26.2 Å². The Bertz CT molecular complexity index is 480. The molecule has 19 heavy (non-hydrogen) atoms. The summed E-state index contributed by atoms with van der Waals surface area (Å²) in [5, 5.41) is 11.2. The molecule has 0 saturated heterocycles. The van der Waals surface area contributed by atoms with Crippen molar-refractivity contribution >= 4 is 11.6 Å². The summed E-state index contributed by atoms with van der Waals surface area (Å²) in [7, 11) is 3.06. The molecule has 5 nitrogen and oxygen atoms in total. The predicted molar refractivity (Wildman–Crippen MR) is 64.7 cm³/mol. The first-order valence-electron chi connectivity index (χ1n) is 5.53. The third-order valence-electron chi connectivity index (χ3n) is 2.63. The first kappa shape index (κ1) is 15.0. The van der Waals surface area contributed by atoms with Crippen LogP contribution in [0.15, 0.2) is 6.07 Å². The third kappa shape index (κ3) is 3.71. The molecule has 0 aliphatic rings. The molecule has 0 aliphatic heterocycles. The summed E-state index contributed by atoms with van der Waals surface area (Å²) in [6.07, 6.45) is -4.42. The van der Waals surface area contributed by atoms with Gasteiger partial charge in [-0.2, -0.15) is 18.4 Å². The van der Waals surface area contributed by atoms with E-state index in [1.165, 1.54) is 18.0 Å². The molecule has 8 heteroatoms. The summed E-state index contributed by atoms with van der Waals surface area (Å²) < 4.78 is 38.0. The van der Waals surface area contributed by atoms with Crippen molar-refractivity contribution < 1.29 is 13.2 Å². The first-order chi connectivity index (χ1) is 8.79. The van der Waals surface area contributed by atoms with Gasteiger partial charge in [0.1, 0.15) is 11.6 Å². The van der Waals surface area contributed by atoms with Gasteiger partial charge in [0.2, 0.25) is 5.82 Å². The van der Waals surface area contributed by atoms with E-state index in [2.05, 4.69) is 15.3 Å². The minimum Gasteiger partial charge on any atom is -0.373 e. The monoisotopic (exact) mass is 273 g/mol. The molecule has 1 atom stereocenters. The van der Waals surface area contributed by atoms with E-state index in [4.69, 9.17) is 5.26 Å². The van der Waals surface area contributed by atoms with Crippen molar-refractivity contribution in [3.05, 3.63) is 11.9 Å². The van der Waals surface area contributed by atoms with Crippen molar-refractivity contribution in [1.29, 1.82) is 5.26 Å². The quantitative estimate of drug-likeness (QED) is 0.911. The van der Waals surface area contributed by atoms with Crippen molar-refractivity contribution in [3.63, 3.8) is 0 Å². The number of rotatable bonds is 4. The molecular weight excluding hydrogens is 259 g/mol. The maximum Gasteiger partial charge on any atom is 0.451 e. The Hall–Kier alpha value is -2.04. The van der Waals surface area contributed by atoms with Crippen LogP contribution in [0.1, 0.15) is 19.2 Å². The Balaban J connectivity index is 3.17. The van der Waals surface area contributed by atoms with Crippen LogP contribution >= 0.6 is 0 Å². The van der Waals surface area contributed by atoms with Crippen molar-refractivity contribution in [2.45, 2.75) is 25.6 Å². The van der Waals surface area contributed by atoms with Gasteiger partial charge in [0.05, 0.1) is 12.5 Å². The van der Waals surface area contributed by atoms with Crippen molar-refractivity contribution in [2.75, 3.05) is 24.3 Å². The number of nitrogens with zero attached hydrogens (tertiary/aromatic N) is 4. The number of aromatic nitrogens is 2. The van der Waals surface area contributed by atoms with Crippen LogP contribution in [0, 0.1) is 11.3 Å². The van der Waals surface area contributed by atoms with Gasteiger partial charge in [0.25, 0.3) is 0 Å². The minimum absolute atomic E-state index is 0.0772. The summed E-state index contributed by atoms with van der Waals surface area (Å²) in [5.41, 5.74) is 0. The van der Waals surface area contributed by atoms with E-state index in [-0.39, 0.29) is 24.1 Å². The molecule has 1 heterocycles. The summed E-state index contributed by atoms with van der Waals surface area (Å²) in [6, 6.07) is 3.13. The summed E-state index contributed by atoms with van der Waals surface area (Å²) in [6.45, 7) is 1.73. The standard InChI is InChI=1S/C11H14F3N5/c1-7(4-5-15)19(3)9-6-8(16-2)17-10(18-9)11(12,13)14/h6-7H,4H2,1-3H3,(H,16,17,18). The van der Waals surface area contributed by atoms with E-state index < -0.39 is 12.0 Å². The zero-order valence-electron chi connectivity index (χ0n) is 10.8. The molecule has 0 saturated carbocycles. The number of nitrogens with one attached hydrogen (secondary N) is 1. The van der Waals surface area contributed by atoms with Crippen LogP contribution in [-0.4, -0.2) is 30.1 Å². The number of hydrogen-bond acceptors (Lipinski definition) is 5. The van der Waals surface area contributed by atoms with E-state index in [1.54, 1.807) is 14.0 Å². The van der Waals surface area contributed by atoms with Gasteiger partial charge in [0.15, 0.2) is 0 Å². The predicted octanol–water partition coefficient (Wildman–Crippen LogP) is 2.28. The molecule has 1 aromatic rings. The van der Waals surface area contributed by atoms with Gasteiger partial charge < -0.3 is 10.2 Å². The van der Waals surface area contributed by atoms with Crippen LogP contribution in [0.5, 0.6) is 0 Å². The molecule has 0 aliphatic carbocycles. The van der Waals surface area contributed by atoms with Crippen LogP contribution in [-0.2, 0) is 6.18 Å². The molecule has 1 rings (SSSR count). The Morgan fingerprint density at radius 1 is 1.47 bits per heavy atom. The number of halogens is 3. The average Bonchev–Trinajstić information content (AvgIpc) is 2.36. The summed E-state index contributed by atoms with van der Waals surface area (Å²) in [5.74, 6) is -1.01. The molecule has 0 radical (unpaired) electrons. The van der Waals surface area contributed by atoms with E-state index in [9.17, 15) is 13.2 Å². The van der Waals surface area contributed by atoms with Gasteiger partial charge in [-0.1, -0.05) is 0 Å². The fraction of sp³-hybridized carbons (Fsp3) is 0.545. The number of hydrogen-bond donors (Lipinski definition) is 1. The fourth-order valence-corrected chi connectivity index (χ4v) is 1.36. The molecule has 0 bridgehead atoms. The average molecular weight is 273 g/mol. The summed E-state index contributed by atoms with van der Waals surface area (Å²) in [4.78, 5) is 8.38. The highest BCUT2D eigenvalue weighted by Crippen LogP contribution is 2.29. The normalized spacial score (nSPS) is 12.7. The highest BCUT2D eigenvalue weighted by Gasteiger charge is 2.35. The second-order valence-corrected chi connectivity index (χ2v) is 4.00. The lowest BCUT2D eigenvalue weighted by molar-refractivity contribution is -0.144. The number of nitriles is 1. The van der Waals surface area contributed by atoms with E-state index in [1.807, 2.05) is 6.07 Å². The maximum atomic E-state index is 12.7. The second kappa shape index (κ2) is 5.73. The molecule has 104 valence electrons. The lowest BCUT2D eigenvalue weighted by Gasteiger charge is -2.25. The third-order valence-corrected chi connectivity index (χ3v) is 2.63. The van der Waals surface area contributed by atoms with E-state index in [0.29, 0.717) is 0 Å². The number of anilines is 2. The summed E-state index contributed by atoms with van der Waals surface area (Å²) >= 11 is 0. The van der Waals surface area contributed by atoms with Crippen molar-refractivity contribution in [2.24, 2.45) is 0 Å². The van der Waals surface area contributed by atoms with Gasteiger partial charge in [-0.05, 0) is 6.92 Å². The number of alkyl halides is 3. The van der Waals surface area contributed by atoms with Crippen molar-refractivity contribution in [1.82, 2.24) is 9.97 Å². The van der Waals surface area contributed by atoms with Crippen LogP contribution in [0.2, 0.25) is 0 Å². The topological polar surface area (TPSA) is 64.8 Å². The SMILES string of the molecule is CNc1cc(N(C)C(C)CC#N)nc(C(F)(F)F)n1. The smallest absolute Gasteiger partial charge is 0.373 e. The van der Waals surface area contributed by atoms with E-state index in [0.717, 1.165) is 0 Å². The molecule has 1 N–H and O–H groups in total. The Morgan fingerprint density at radius 3 is 2.58 bits per heavy atom. The lowest BCUT2D eigenvalue weighted by Crippen LogP contribution is -2.30. The molecular formula is C11H14F3N5. The Morgan fingerprint density at radius 2 is 2.11 bits per heavy atom. The zero-order chi connectivity index (χ0) is 14.6. The Labute approximate surface area is 109 Å². The first-order valence-corrected chi connectivity index (χ1v) is 5.53. The van der Waals surface area contributed by atoms with Gasteiger partial charge in [-0.25, -0.2) is 9.97 Å². The van der Waals surface area contributed by atoms with Crippen LogP contribution in [0.3, 0.4) is 0 Å². The van der Waals surface area contributed by atoms with Crippen LogP contribution < -0.4 is 10.2 Å². The minimum atomic E-state index is -4.61. The lowest BCUT2D eigenvalue weighted by atomic mass is 10.2. The van der Waals surface area contributed by atoms with Crippen LogP contribution in [0.4, 0.5) is 24.8 Å². The Kier molecular flexibility index (Phi) is 4.53. The second-order valence-electron chi connectivity index (χ2n) is 4.00. The van der Waals surface area contributed by atoms with Crippen LogP contribution in [0.25, 0.3) is 0 Å². The van der Waals surface area contributed by atoms with Gasteiger partial charge >= 0.3 is 6.18 Å². The van der Waals surface area contributed by atoms with Gasteiger partial charge in [-0.3, -0.25) is 0 Å². The molecule has 0 amide bonds. The van der Waals surface area contributed by atoms with Crippen molar-refractivity contribution in [3.8, 4) is 6.07 Å². The molecule has 0 aromatic carbocycles. The van der Waals surface area contributed by atoms with Gasteiger partial charge in [-0.15, -0.1) is 0 Å². The van der Waals surface area contributed by atoms with E-state index >= 15 is 0 Å². The molecule has 1 unspecified atom stereocenters. The highest BCUT2D eigenvalue weighted by atomic mass is 19.4. The molecule has 1 aromatic heterocycles. The largest absolute Gasteiger partial charge is 0.451 e. The molecule has 0 spiro atoms.